The molecule has 21 heavy (non-hydrogen) atoms. The Hall–Kier alpha value is -2.11. The van der Waals surface area contributed by atoms with Gasteiger partial charge in [0.15, 0.2) is 17.7 Å². The molecule has 1 aromatic carbocycles. The van der Waals surface area contributed by atoms with Crippen molar-refractivity contribution in [1.29, 1.82) is 0 Å². The molecule has 0 amide bonds. The molecule has 0 radical (unpaired) electrons. The molecule has 1 aliphatic heterocycles. The summed E-state index contributed by atoms with van der Waals surface area (Å²) in [5, 5.41) is 4.08. The van der Waals surface area contributed by atoms with E-state index in [0.29, 0.717) is 0 Å². The molecule has 1 aromatic heterocycles. The molecule has 0 bridgehead atoms. The lowest BCUT2D eigenvalue weighted by Gasteiger charge is -2.11. The highest BCUT2D eigenvalue weighted by Crippen LogP contribution is 2.43. The van der Waals surface area contributed by atoms with Gasteiger partial charge >= 0.3 is 0 Å². The fourth-order valence-electron chi connectivity index (χ4n) is 2.77. The van der Waals surface area contributed by atoms with E-state index in [1.807, 2.05) is 30.3 Å². The number of halogens is 2. The SMILES string of the molecule is O=C(c1nc2n(n1)C(c1ccccc1)CC2F)C1(F)CC1. The third kappa shape index (κ3) is 1.89. The van der Waals surface area contributed by atoms with Gasteiger partial charge in [0.2, 0.25) is 11.6 Å². The van der Waals surface area contributed by atoms with Gasteiger partial charge in [-0.15, -0.1) is 5.10 Å². The van der Waals surface area contributed by atoms with Crippen LogP contribution in [-0.4, -0.2) is 26.2 Å². The van der Waals surface area contributed by atoms with Crippen LogP contribution >= 0.6 is 0 Å². The van der Waals surface area contributed by atoms with Gasteiger partial charge in [-0.05, 0) is 18.4 Å². The molecule has 2 aromatic rings. The summed E-state index contributed by atoms with van der Waals surface area (Å²) in [7, 11) is 0. The van der Waals surface area contributed by atoms with E-state index in [1.165, 1.54) is 4.68 Å². The summed E-state index contributed by atoms with van der Waals surface area (Å²) < 4.78 is 29.4. The Morgan fingerprint density at radius 2 is 2.00 bits per heavy atom. The highest BCUT2D eigenvalue weighted by molar-refractivity contribution is 6.01. The number of hydrogen-bond acceptors (Lipinski definition) is 3. The molecule has 2 heterocycles. The number of carbonyl (C=O) groups excluding carboxylic acids is 1. The average molecular weight is 289 g/mol. The third-order valence-corrected chi connectivity index (χ3v) is 4.15. The second-order valence-corrected chi connectivity index (χ2v) is 5.66. The zero-order chi connectivity index (χ0) is 14.6. The summed E-state index contributed by atoms with van der Waals surface area (Å²) in [5.74, 6) is -0.798. The molecule has 0 spiro atoms. The number of alkyl halides is 2. The van der Waals surface area contributed by atoms with Crippen molar-refractivity contribution in [3.05, 3.63) is 47.5 Å². The number of carbonyl (C=O) groups is 1. The van der Waals surface area contributed by atoms with E-state index in [1.54, 1.807) is 0 Å². The lowest BCUT2D eigenvalue weighted by Crippen LogP contribution is -2.19. The third-order valence-electron chi connectivity index (χ3n) is 4.15. The first-order valence-corrected chi connectivity index (χ1v) is 6.98. The highest BCUT2D eigenvalue weighted by Gasteiger charge is 2.53. The molecule has 1 fully saturated rings. The second kappa shape index (κ2) is 4.19. The Bertz CT molecular complexity index is 709. The number of aromatic nitrogens is 3. The fraction of sp³-hybridized carbons (Fsp3) is 0.400. The Kier molecular flexibility index (Phi) is 2.52. The van der Waals surface area contributed by atoms with Crippen molar-refractivity contribution in [2.45, 2.75) is 37.1 Å². The number of fused-ring (bicyclic) bond motifs is 1. The number of nitrogens with zero attached hydrogens (tertiary/aromatic N) is 3. The van der Waals surface area contributed by atoms with Crippen LogP contribution < -0.4 is 0 Å². The van der Waals surface area contributed by atoms with Crippen LogP contribution in [0.1, 0.15) is 53.5 Å². The molecule has 1 saturated carbocycles. The maximum absolute atomic E-state index is 14.1. The van der Waals surface area contributed by atoms with E-state index >= 15 is 0 Å². The van der Waals surface area contributed by atoms with Gasteiger partial charge in [-0.2, -0.15) is 0 Å². The molecular weight excluding hydrogens is 276 g/mol. The van der Waals surface area contributed by atoms with Crippen molar-refractivity contribution in [1.82, 2.24) is 14.8 Å². The van der Waals surface area contributed by atoms with Crippen molar-refractivity contribution in [3.8, 4) is 0 Å². The summed E-state index contributed by atoms with van der Waals surface area (Å²) in [4.78, 5) is 15.9. The van der Waals surface area contributed by atoms with E-state index in [-0.39, 0.29) is 37.0 Å². The number of hydrogen-bond donors (Lipinski definition) is 0. The zero-order valence-corrected chi connectivity index (χ0v) is 11.2. The summed E-state index contributed by atoms with van der Waals surface area (Å²) >= 11 is 0. The Labute approximate surface area is 119 Å². The van der Waals surface area contributed by atoms with Gasteiger partial charge in [0.1, 0.15) is 0 Å². The average Bonchev–Trinajstić information content (AvgIpc) is 2.98. The van der Waals surface area contributed by atoms with Gasteiger partial charge in [-0.1, -0.05) is 30.3 Å². The molecular formula is C15H13F2N3O. The van der Waals surface area contributed by atoms with Gasteiger partial charge in [-0.25, -0.2) is 18.4 Å². The molecule has 1 aliphatic carbocycles. The first kappa shape index (κ1) is 12.6. The van der Waals surface area contributed by atoms with Crippen molar-refractivity contribution >= 4 is 5.78 Å². The molecule has 0 saturated heterocycles. The summed E-state index contributed by atoms with van der Waals surface area (Å²) in [6.07, 6.45) is -0.624. The van der Waals surface area contributed by atoms with Gasteiger partial charge in [0.05, 0.1) is 6.04 Å². The molecule has 0 N–H and O–H groups in total. The topological polar surface area (TPSA) is 47.8 Å². The number of rotatable bonds is 3. The molecule has 4 rings (SSSR count). The molecule has 4 nitrogen and oxygen atoms in total. The van der Waals surface area contributed by atoms with E-state index in [2.05, 4.69) is 10.1 Å². The Morgan fingerprint density at radius 1 is 1.29 bits per heavy atom. The van der Waals surface area contributed by atoms with E-state index in [9.17, 15) is 13.6 Å². The van der Waals surface area contributed by atoms with Crippen molar-refractivity contribution < 1.29 is 13.6 Å². The van der Waals surface area contributed by atoms with Crippen LogP contribution in [0.15, 0.2) is 30.3 Å². The monoisotopic (exact) mass is 289 g/mol. The van der Waals surface area contributed by atoms with Gasteiger partial charge in [0.25, 0.3) is 0 Å². The number of benzene rings is 1. The largest absolute Gasteiger partial charge is 0.287 e. The van der Waals surface area contributed by atoms with Crippen molar-refractivity contribution in [2.75, 3.05) is 0 Å². The lowest BCUT2D eigenvalue weighted by atomic mass is 10.0. The van der Waals surface area contributed by atoms with Crippen LogP contribution in [0.2, 0.25) is 0 Å². The van der Waals surface area contributed by atoms with Crippen LogP contribution in [0.25, 0.3) is 0 Å². The maximum atomic E-state index is 14.1. The number of Topliss-reactive ketones (excluding diaryl/α,β-unsaturated/α-hetero) is 1. The van der Waals surface area contributed by atoms with Crippen molar-refractivity contribution in [2.24, 2.45) is 0 Å². The molecule has 2 atom stereocenters. The molecule has 2 unspecified atom stereocenters. The minimum absolute atomic E-state index is 0.122. The van der Waals surface area contributed by atoms with Gasteiger partial charge in [0, 0.05) is 6.42 Å². The predicted octanol–water partition coefficient (Wildman–Crippen LogP) is 2.97. The van der Waals surface area contributed by atoms with E-state index < -0.39 is 17.6 Å². The Morgan fingerprint density at radius 3 is 2.67 bits per heavy atom. The highest BCUT2D eigenvalue weighted by atomic mass is 19.1. The first-order valence-electron chi connectivity index (χ1n) is 6.98. The van der Waals surface area contributed by atoms with Crippen LogP contribution in [0.4, 0.5) is 8.78 Å². The van der Waals surface area contributed by atoms with Crippen LogP contribution in [0.3, 0.4) is 0 Å². The van der Waals surface area contributed by atoms with Crippen LogP contribution in [-0.2, 0) is 0 Å². The smallest absolute Gasteiger partial charge is 0.238 e. The first-order chi connectivity index (χ1) is 10.1. The number of ketones is 1. The Balaban J connectivity index is 1.73. The second-order valence-electron chi connectivity index (χ2n) is 5.66. The standard InChI is InChI=1S/C15H13F2N3O/c16-10-8-11(9-4-2-1-3-5-9)20-14(10)18-13(19-20)12(21)15(17)6-7-15/h1-5,10-11H,6-8H2. The van der Waals surface area contributed by atoms with Crippen LogP contribution in [0.5, 0.6) is 0 Å². The minimum Gasteiger partial charge on any atom is -0.287 e. The van der Waals surface area contributed by atoms with E-state index in [4.69, 9.17) is 0 Å². The van der Waals surface area contributed by atoms with Crippen LogP contribution in [0, 0.1) is 0 Å². The van der Waals surface area contributed by atoms with Gasteiger partial charge in [-0.3, -0.25) is 4.79 Å². The normalized spacial score (nSPS) is 25.6. The molecule has 2 aliphatic rings. The lowest BCUT2D eigenvalue weighted by molar-refractivity contribution is 0.0838. The van der Waals surface area contributed by atoms with E-state index in [0.717, 1.165) is 5.56 Å². The maximum Gasteiger partial charge on any atom is 0.238 e. The molecule has 6 heteroatoms. The fourth-order valence-corrected chi connectivity index (χ4v) is 2.77. The van der Waals surface area contributed by atoms with Gasteiger partial charge < -0.3 is 0 Å². The predicted molar refractivity (Wildman–Crippen MR) is 70.5 cm³/mol. The van der Waals surface area contributed by atoms with Crippen molar-refractivity contribution in [3.63, 3.8) is 0 Å². The summed E-state index contributed by atoms with van der Waals surface area (Å²) in [6, 6.07) is 9.08. The quantitative estimate of drug-likeness (QED) is 0.816. The summed E-state index contributed by atoms with van der Waals surface area (Å²) in [6.45, 7) is 0. The minimum atomic E-state index is -1.82. The summed E-state index contributed by atoms with van der Waals surface area (Å²) in [5.41, 5.74) is -0.916. The zero-order valence-electron chi connectivity index (χ0n) is 11.2. The molecule has 108 valence electrons.